The highest BCUT2D eigenvalue weighted by Crippen LogP contribution is 2.43. The van der Waals surface area contributed by atoms with Crippen molar-refractivity contribution in [3.63, 3.8) is 0 Å². The molecule has 22 heavy (non-hydrogen) atoms. The third kappa shape index (κ3) is 5.33. The van der Waals surface area contributed by atoms with Crippen LogP contribution in [0.1, 0.15) is 13.3 Å². The van der Waals surface area contributed by atoms with Gasteiger partial charge in [0.25, 0.3) is 0 Å². The van der Waals surface area contributed by atoms with Gasteiger partial charge in [0.1, 0.15) is 12.5 Å². The molecule has 0 fully saturated rings. The van der Waals surface area contributed by atoms with Crippen LogP contribution in [0.4, 0.5) is 22.0 Å². The molecule has 0 saturated heterocycles. The Morgan fingerprint density at radius 1 is 1.23 bits per heavy atom. The summed E-state index contributed by atoms with van der Waals surface area (Å²) < 4.78 is 96.9. The fourth-order valence-electron chi connectivity index (χ4n) is 1.16. The van der Waals surface area contributed by atoms with Gasteiger partial charge in [-0.2, -0.15) is 30.4 Å². The molecule has 1 atom stereocenters. The van der Waals surface area contributed by atoms with Crippen LogP contribution in [0, 0.1) is 5.92 Å². The molecule has 0 radical (unpaired) electrons. The first-order valence-electron chi connectivity index (χ1n) is 5.36. The molecule has 0 saturated carbocycles. The number of carbonyl (C=O) groups is 2. The number of ketones is 1. The van der Waals surface area contributed by atoms with Crippen LogP contribution in [-0.2, 0) is 24.4 Å². The fraction of sp³-hybridized carbons (Fsp3) is 0.600. The Hall–Kier alpha value is -1.56. The maximum atomic E-state index is 13.1. The van der Waals surface area contributed by atoms with Gasteiger partial charge in [-0.15, -0.1) is 0 Å². The second-order valence-corrected chi connectivity index (χ2v) is 5.72. The number of carbonyl (C=O) groups excluding carboxylic acids is 2. The van der Waals surface area contributed by atoms with Gasteiger partial charge in [0.15, 0.2) is 5.78 Å². The Labute approximate surface area is 121 Å². The number of hydrogen-bond acceptors (Lipinski definition) is 5. The minimum absolute atomic E-state index is 0.191. The van der Waals surface area contributed by atoms with E-state index in [1.807, 2.05) is 0 Å². The predicted octanol–water partition coefficient (Wildman–Crippen LogP) is 1.72. The van der Waals surface area contributed by atoms with Gasteiger partial charge in [-0.1, -0.05) is 6.58 Å². The lowest BCUT2D eigenvalue weighted by molar-refractivity contribution is -0.220. The molecule has 0 bridgehead atoms. The molecule has 1 unspecified atom stereocenters. The van der Waals surface area contributed by atoms with Crippen molar-refractivity contribution in [2.75, 3.05) is 6.61 Å². The number of Topliss-reactive ketones (excluding diaryl/α,β-unsaturated/α-hetero) is 1. The lowest BCUT2D eigenvalue weighted by Gasteiger charge is -2.25. The van der Waals surface area contributed by atoms with E-state index in [0.717, 1.165) is 6.92 Å². The van der Waals surface area contributed by atoms with Gasteiger partial charge < -0.3 is 4.74 Å². The van der Waals surface area contributed by atoms with Crippen molar-refractivity contribution < 1.29 is 49.2 Å². The zero-order valence-electron chi connectivity index (χ0n) is 11.0. The summed E-state index contributed by atoms with van der Waals surface area (Å²) in [6, 6.07) is 0. The van der Waals surface area contributed by atoms with Crippen molar-refractivity contribution in [1.82, 2.24) is 0 Å². The van der Waals surface area contributed by atoms with Crippen LogP contribution < -0.4 is 0 Å². The number of hydrogen-bond donors (Lipinski definition) is 1. The smallest absolute Gasteiger partial charge is 0.399 e. The molecule has 0 aromatic heterocycles. The van der Waals surface area contributed by atoms with Gasteiger partial charge in [0.05, 0.1) is 0 Å². The Balaban J connectivity index is 5.17. The Kier molecular flexibility index (Phi) is 6.21. The van der Waals surface area contributed by atoms with Gasteiger partial charge in [-0.25, -0.2) is 4.79 Å². The summed E-state index contributed by atoms with van der Waals surface area (Å²) >= 11 is 0. The quantitative estimate of drug-likeness (QED) is 0.324. The summed E-state index contributed by atoms with van der Waals surface area (Å²) in [7, 11) is -6.40. The maximum Gasteiger partial charge on any atom is 0.399 e. The topological polar surface area (TPSA) is 97.7 Å². The molecule has 0 rings (SSSR count). The zero-order chi connectivity index (χ0) is 17.9. The molecular weight excluding hydrogens is 343 g/mol. The summed E-state index contributed by atoms with van der Waals surface area (Å²) in [4.78, 5) is 22.1. The minimum atomic E-state index is -6.40. The van der Waals surface area contributed by atoms with E-state index in [9.17, 15) is 40.0 Å². The summed E-state index contributed by atoms with van der Waals surface area (Å²) in [6.07, 6.45) is -7.80. The first-order chi connectivity index (χ1) is 9.60. The molecular formula is C10H11F5O6S. The standard InChI is InChI=1S/C10H11F5O6S/c1-5(2)8(17)21-4-6(16)3-7(9(11,12)13)10(14,15)22(18,19)20/h7H,1,3-4H2,2H3,(H,18,19,20). The number of esters is 1. The molecule has 0 amide bonds. The van der Waals surface area contributed by atoms with Crippen molar-refractivity contribution in [1.29, 1.82) is 0 Å². The fourth-order valence-corrected chi connectivity index (χ4v) is 1.74. The van der Waals surface area contributed by atoms with E-state index in [1.165, 1.54) is 0 Å². The van der Waals surface area contributed by atoms with Crippen LogP contribution in [0.3, 0.4) is 0 Å². The van der Waals surface area contributed by atoms with Crippen LogP contribution >= 0.6 is 0 Å². The third-order valence-corrected chi connectivity index (χ3v) is 3.26. The van der Waals surface area contributed by atoms with Gasteiger partial charge in [-0.3, -0.25) is 9.35 Å². The first-order valence-corrected chi connectivity index (χ1v) is 6.80. The molecule has 0 aliphatic heterocycles. The number of alkyl halides is 5. The molecule has 6 nitrogen and oxygen atoms in total. The number of rotatable bonds is 7. The summed E-state index contributed by atoms with van der Waals surface area (Å²) in [6.45, 7) is 2.99. The second-order valence-electron chi connectivity index (χ2n) is 4.23. The molecule has 0 heterocycles. The highest BCUT2D eigenvalue weighted by molar-refractivity contribution is 7.86. The van der Waals surface area contributed by atoms with Crippen LogP contribution in [-0.4, -0.2) is 42.8 Å². The zero-order valence-corrected chi connectivity index (χ0v) is 11.8. The van der Waals surface area contributed by atoms with E-state index in [-0.39, 0.29) is 5.57 Å². The van der Waals surface area contributed by atoms with E-state index in [0.29, 0.717) is 0 Å². The third-order valence-electron chi connectivity index (χ3n) is 2.29. The van der Waals surface area contributed by atoms with Crippen LogP contribution in [0.2, 0.25) is 0 Å². The lowest BCUT2D eigenvalue weighted by atomic mass is 10.0. The lowest BCUT2D eigenvalue weighted by Crippen LogP contribution is -2.46. The molecule has 0 aliphatic rings. The molecule has 0 spiro atoms. The largest absolute Gasteiger partial charge is 0.454 e. The molecule has 128 valence electrons. The molecule has 1 N–H and O–H groups in total. The van der Waals surface area contributed by atoms with E-state index in [4.69, 9.17) is 4.55 Å². The van der Waals surface area contributed by atoms with Crippen molar-refractivity contribution in [3.05, 3.63) is 12.2 Å². The average molecular weight is 354 g/mol. The highest BCUT2D eigenvalue weighted by atomic mass is 32.2. The minimum Gasteiger partial charge on any atom is -0.454 e. The average Bonchev–Trinajstić information content (AvgIpc) is 2.29. The van der Waals surface area contributed by atoms with E-state index < -0.39 is 52.2 Å². The van der Waals surface area contributed by atoms with Crippen molar-refractivity contribution in [3.8, 4) is 0 Å². The Bertz CT molecular complexity index is 565. The molecule has 0 aliphatic carbocycles. The first kappa shape index (κ1) is 20.4. The van der Waals surface area contributed by atoms with Crippen molar-refractivity contribution in [2.45, 2.75) is 24.8 Å². The Morgan fingerprint density at radius 3 is 2.00 bits per heavy atom. The summed E-state index contributed by atoms with van der Waals surface area (Å²) in [5.74, 6) is -6.73. The Morgan fingerprint density at radius 2 is 1.68 bits per heavy atom. The van der Waals surface area contributed by atoms with E-state index in [1.54, 1.807) is 0 Å². The summed E-state index contributed by atoms with van der Waals surface area (Å²) in [5, 5.41) is -5.63. The molecule has 0 aromatic carbocycles. The number of halogens is 5. The second kappa shape index (κ2) is 6.69. The van der Waals surface area contributed by atoms with Gasteiger partial charge >= 0.3 is 27.5 Å². The highest BCUT2D eigenvalue weighted by Gasteiger charge is 2.63. The van der Waals surface area contributed by atoms with Crippen molar-refractivity contribution in [2.24, 2.45) is 5.92 Å². The van der Waals surface area contributed by atoms with Crippen molar-refractivity contribution >= 4 is 21.9 Å². The van der Waals surface area contributed by atoms with Gasteiger partial charge in [0.2, 0.25) is 0 Å². The van der Waals surface area contributed by atoms with Crippen LogP contribution in [0.25, 0.3) is 0 Å². The normalized spacial score (nSPS) is 14.3. The van der Waals surface area contributed by atoms with Gasteiger partial charge in [0, 0.05) is 12.0 Å². The van der Waals surface area contributed by atoms with Crippen LogP contribution in [0.15, 0.2) is 12.2 Å². The molecule has 12 heteroatoms. The van der Waals surface area contributed by atoms with E-state index in [2.05, 4.69) is 11.3 Å². The maximum absolute atomic E-state index is 13.1. The number of ether oxygens (including phenoxy) is 1. The van der Waals surface area contributed by atoms with Gasteiger partial charge in [-0.05, 0) is 6.92 Å². The van der Waals surface area contributed by atoms with E-state index >= 15 is 0 Å². The monoisotopic (exact) mass is 354 g/mol. The van der Waals surface area contributed by atoms with Crippen LogP contribution in [0.5, 0.6) is 0 Å². The summed E-state index contributed by atoms with van der Waals surface area (Å²) in [5.41, 5.74) is -0.191. The SMILES string of the molecule is C=C(C)C(=O)OCC(=O)CC(C(F)(F)F)C(F)(F)S(=O)(=O)O. The predicted molar refractivity (Wildman–Crippen MR) is 61.4 cm³/mol. The molecule has 0 aromatic rings.